The molecule has 0 saturated heterocycles. The van der Waals surface area contributed by atoms with Crippen molar-refractivity contribution in [2.45, 2.75) is 46.5 Å². The van der Waals surface area contributed by atoms with Gasteiger partial charge in [0.15, 0.2) is 0 Å². The minimum absolute atomic E-state index is 0.470. The topological polar surface area (TPSA) is 20.2 Å². The van der Waals surface area contributed by atoms with Crippen molar-refractivity contribution < 1.29 is 5.11 Å². The van der Waals surface area contributed by atoms with Crippen molar-refractivity contribution in [3.8, 4) is 5.75 Å². The fourth-order valence-corrected chi connectivity index (χ4v) is 1.87. The number of benzene rings is 1. The van der Waals surface area contributed by atoms with Crippen molar-refractivity contribution in [1.82, 2.24) is 0 Å². The summed E-state index contributed by atoms with van der Waals surface area (Å²) >= 11 is 0. The second-order valence-electron chi connectivity index (χ2n) is 4.62. The van der Waals surface area contributed by atoms with Crippen molar-refractivity contribution in [3.05, 3.63) is 29.3 Å². The van der Waals surface area contributed by atoms with Crippen LogP contribution in [-0.2, 0) is 12.8 Å². The normalized spacial score (nSPS) is 10.9. The van der Waals surface area contributed by atoms with Crippen LogP contribution < -0.4 is 0 Å². The van der Waals surface area contributed by atoms with Crippen molar-refractivity contribution >= 4 is 0 Å². The molecule has 0 heterocycles. The second-order valence-corrected chi connectivity index (χ2v) is 4.62. The number of aryl methyl sites for hydroxylation is 1. The Balaban J connectivity index is 2.87. The van der Waals surface area contributed by atoms with Crippen LogP contribution in [0.25, 0.3) is 0 Å². The van der Waals surface area contributed by atoms with Gasteiger partial charge in [-0.3, -0.25) is 0 Å². The van der Waals surface area contributed by atoms with Gasteiger partial charge in [0.1, 0.15) is 5.75 Å². The first-order valence-electron chi connectivity index (χ1n) is 5.94. The highest BCUT2D eigenvalue weighted by Gasteiger charge is 2.08. The molecule has 0 radical (unpaired) electrons. The van der Waals surface area contributed by atoms with Crippen molar-refractivity contribution in [2.24, 2.45) is 5.92 Å². The molecule has 15 heavy (non-hydrogen) atoms. The van der Waals surface area contributed by atoms with Gasteiger partial charge in [-0.15, -0.1) is 0 Å². The van der Waals surface area contributed by atoms with E-state index in [0.29, 0.717) is 11.7 Å². The fourth-order valence-electron chi connectivity index (χ4n) is 1.87. The Morgan fingerprint density at radius 1 is 1.27 bits per heavy atom. The molecule has 1 aromatic carbocycles. The van der Waals surface area contributed by atoms with E-state index >= 15 is 0 Å². The van der Waals surface area contributed by atoms with E-state index in [1.54, 1.807) is 6.07 Å². The SMILES string of the molecule is CCCCc1cccc(O)c1CC(C)C. The lowest BCUT2D eigenvalue weighted by Gasteiger charge is -2.13. The first-order chi connectivity index (χ1) is 7.15. The Morgan fingerprint density at radius 3 is 2.60 bits per heavy atom. The highest BCUT2D eigenvalue weighted by molar-refractivity contribution is 5.39. The lowest BCUT2D eigenvalue weighted by atomic mass is 9.94. The van der Waals surface area contributed by atoms with Crippen molar-refractivity contribution in [3.63, 3.8) is 0 Å². The molecule has 1 aromatic rings. The van der Waals surface area contributed by atoms with E-state index in [4.69, 9.17) is 0 Å². The minimum atomic E-state index is 0.470. The van der Waals surface area contributed by atoms with Crippen LogP contribution >= 0.6 is 0 Å². The molecule has 0 spiro atoms. The summed E-state index contributed by atoms with van der Waals surface area (Å²) in [6, 6.07) is 5.89. The van der Waals surface area contributed by atoms with Gasteiger partial charge in [-0.25, -0.2) is 0 Å². The van der Waals surface area contributed by atoms with E-state index in [-0.39, 0.29) is 0 Å². The summed E-state index contributed by atoms with van der Waals surface area (Å²) in [6.07, 6.45) is 4.48. The van der Waals surface area contributed by atoms with Crippen LogP contribution in [0, 0.1) is 5.92 Å². The lowest BCUT2D eigenvalue weighted by Crippen LogP contribution is -2.00. The second kappa shape index (κ2) is 5.79. The summed E-state index contributed by atoms with van der Waals surface area (Å²) in [6.45, 7) is 6.58. The van der Waals surface area contributed by atoms with Gasteiger partial charge >= 0.3 is 0 Å². The maximum absolute atomic E-state index is 9.84. The predicted octanol–water partition coefficient (Wildman–Crippen LogP) is 3.93. The van der Waals surface area contributed by atoms with Gasteiger partial charge in [0.25, 0.3) is 0 Å². The smallest absolute Gasteiger partial charge is 0.119 e. The van der Waals surface area contributed by atoms with Crippen LogP contribution in [-0.4, -0.2) is 5.11 Å². The number of aromatic hydroxyl groups is 1. The molecule has 1 rings (SSSR count). The molecule has 0 aromatic heterocycles. The third-order valence-corrected chi connectivity index (χ3v) is 2.66. The summed E-state index contributed by atoms with van der Waals surface area (Å²) < 4.78 is 0. The number of hydrogen-bond donors (Lipinski definition) is 1. The zero-order valence-corrected chi connectivity index (χ0v) is 10.1. The van der Waals surface area contributed by atoms with Crippen LogP contribution in [0.3, 0.4) is 0 Å². The summed E-state index contributed by atoms with van der Waals surface area (Å²) in [7, 11) is 0. The molecule has 1 nitrogen and oxygen atoms in total. The summed E-state index contributed by atoms with van der Waals surface area (Å²) in [5.41, 5.74) is 2.48. The molecular weight excluding hydrogens is 184 g/mol. The van der Waals surface area contributed by atoms with Gasteiger partial charge in [-0.2, -0.15) is 0 Å². The number of phenolic OH excluding ortho intramolecular Hbond substituents is 1. The van der Waals surface area contributed by atoms with Gasteiger partial charge in [-0.05, 0) is 42.4 Å². The third-order valence-electron chi connectivity index (χ3n) is 2.66. The molecule has 0 amide bonds. The van der Waals surface area contributed by atoms with Gasteiger partial charge in [0.2, 0.25) is 0 Å². The standard InChI is InChI=1S/C14H22O/c1-4-5-7-12-8-6-9-14(15)13(12)10-11(2)3/h6,8-9,11,15H,4-5,7,10H2,1-3H3. The van der Waals surface area contributed by atoms with Gasteiger partial charge < -0.3 is 5.11 Å². The molecule has 0 unspecified atom stereocenters. The van der Waals surface area contributed by atoms with Crippen LogP contribution in [0.4, 0.5) is 0 Å². The third kappa shape index (κ3) is 3.58. The zero-order valence-electron chi connectivity index (χ0n) is 10.1. The Hall–Kier alpha value is -0.980. The Kier molecular flexibility index (Phi) is 4.67. The van der Waals surface area contributed by atoms with Crippen LogP contribution in [0.1, 0.15) is 44.7 Å². The van der Waals surface area contributed by atoms with E-state index in [1.807, 2.05) is 6.07 Å². The minimum Gasteiger partial charge on any atom is -0.508 e. The maximum atomic E-state index is 9.84. The predicted molar refractivity (Wildman–Crippen MR) is 65.3 cm³/mol. The highest BCUT2D eigenvalue weighted by Crippen LogP contribution is 2.25. The summed E-state index contributed by atoms with van der Waals surface area (Å²) in [5.74, 6) is 1.07. The van der Waals surface area contributed by atoms with E-state index < -0.39 is 0 Å². The molecule has 0 fully saturated rings. The average molecular weight is 206 g/mol. The quantitative estimate of drug-likeness (QED) is 0.773. The first kappa shape index (κ1) is 12.1. The van der Waals surface area contributed by atoms with Crippen LogP contribution in [0.2, 0.25) is 0 Å². The number of unbranched alkanes of at least 4 members (excludes halogenated alkanes) is 1. The highest BCUT2D eigenvalue weighted by atomic mass is 16.3. The molecule has 0 saturated carbocycles. The molecule has 0 bridgehead atoms. The van der Waals surface area contributed by atoms with Crippen molar-refractivity contribution in [2.75, 3.05) is 0 Å². The molecule has 0 atom stereocenters. The van der Waals surface area contributed by atoms with Crippen LogP contribution in [0.5, 0.6) is 5.75 Å². The average Bonchev–Trinajstić information content (AvgIpc) is 2.18. The van der Waals surface area contributed by atoms with Gasteiger partial charge in [0.05, 0.1) is 0 Å². The summed E-state index contributed by atoms with van der Waals surface area (Å²) in [4.78, 5) is 0. The van der Waals surface area contributed by atoms with Gasteiger partial charge in [-0.1, -0.05) is 39.3 Å². The van der Waals surface area contributed by atoms with E-state index in [2.05, 4.69) is 26.8 Å². The Morgan fingerprint density at radius 2 is 2.00 bits per heavy atom. The fraction of sp³-hybridized carbons (Fsp3) is 0.571. The molecule has 0 aliphatic heterocycles. The monoisotopic (exact) mass is 206 g/mol. The van der Waals surface area contributed by atoms with Crippen molar-refractivity contribution in [1.29, 1.82) is 0 Å². The Bertz CT molecular complexity index is 302. The van der Waals surface area contributed by atoms with Gasteiger partial charge in [0, 0.05) is 0 Å². The number of rotatable bonds is 5. The van der Waals surface area contributed by atoms with E-state index in [1.165, 1.54) is 18.4 Å². The maximum Gasteiger partial charge on any atom is 0.119 e. The van der Waals surface area contributed by atoms with E-state index in [9.17, 15) is 5.11 Å². The molecule has 84 valence electrons. The molecule has 0 aliphatic carbocycles. The number of phenols is 1. The Labute approximate surface area is 93.1 Å². The number of hydrogen-bond acceptors (Lipinski definition) is 1. The first-order valence-corrected chi connectivity index (χ1v) is 5.94. The van der Waals surface area contributed by atoms with Crippen LogP contribution in [0.15, 0.2) is 18.2 Å². The molecule has 1 N–H and O–H groups in total. The molecule has 1 heteroatoms. The zero-order chi connectivity index (χ0) is 11.3. The molecule has 0 aliphatic rings. The largest absolute Gasteiger partial charge is 0.508 e. The van der Waals surface area contributed by atoms with E-state index in [0.717, 1.165) is 18.4 Å². The summed E-state index contributed by atoms with van der Waals surface area (Å²) in [5, 5.41) is 9.84. The lowest BCUT2D eigenvalue weighted by molar-refractivity contribution is 0.460. The molecular formula is C14H22O.